The molecule has 2 N–H and O–H groups in total. The van der Waals surface area contributed by atoms with E-state index in [4.69, 9.17) is 15.2 Å². The van der Waals surface area contributed by atoms with E-state index >= 15 is 0 Å². The molecule has 4 nitrogen and oxygen atoms in total. The molecule has 0 aromatic heterocycles. The van der Waals surface area contributed by atoms with Gasteiger partial charge in [0.1, 0.15) is 11.5 Å². The van der Waals surface area contributed by atoms with Crippen molar-refractivity contribution >= 4 is 5.91 Å². The van der Waals surface area contributed by atoms with Gasteiger partial charge < -0.3 is 15.2 Å². The lowest BCUT2D eigenvalue weighted by molar-refractivity contribution is -0.118. The normalized spacial score (nSPS) is 9.94. The van der Waals surface area contributed by atoms with Crippen LogP contribution in [0.2, 0.25) is 0 Å². The fourth-order valence-electron chi connectivity index (χ4n) is 1.31. The van der Waals surface area contributed by atoms with Gasteiger partial charge in [-0.25, -0.2) is 0 Å². The molecule has 0 aliphatic rings. The summed E-state index contributed by atoms with van der Waals surface area (Å²) >= 11 is 0. The van der Waals surface area contributed by atoms with Gasteiger partial charge in [-0.3, -0.25) is 4.79 Å². The average Bonchev–Trinajstić information content (AvgIpc) is 2.32. The summed E-state index contributed by atoms with van der Waals surface area (Å²) in [7, 11) is 0. The third-order valence-electron chi connectivity index (χ3n) is 2.11. The Morgan fingerprint density at radius 3 is 2.47 bits per heavy atom. The van der Waals surface area contributed by atoms with Crippen molar-refractivity contribution in [3.05, 3.63) is 24.3 Å². The zero-order chi connectivity index (χ0) is 12.5. The number of rotatable bonds is 8. The fraction of sp³-hybridized carbons (Fsp3) is 0.462. The first-order chi connectivity index (χ1) is 8.22. The van der Waals surface area contributed by atoms with Crippen molar-refractivity contribution in [3.63, 3.8) is 0 Å². The topological polar surface area (TPSA) is 61.6 Å². The van der Waals surface area contributed by atoms with E-state index in [0.717, 1.165) is 17.9 Å². The van der Waals surface area contributed by atoms with Gasteiger partial charge in [0.15, 0.2) is 0 Å². The van der Waals surface area contributed by atoms with Gasteiger partial charge in [0.2, 0.25) is 5.91 Å². The van der Waals surface area contributed by atoms with E-state index in [1.807, 2.05) is 24.3 Å². The van der Waals surface area contributed by atoms with Crippen LogP contribution in [0.4, 0.5) is 0 Å². The number of carbonyl (C=O) groups excluding carboxylic acids is 1. The maximum Gasteiger partial charge on any atom is 0.217 e. The first-order valence-corrected chi connectivity index (χ1v) is 5.86. The van der Waals surface area contributed by atoms with Crippen molar-refractivity contribution in [2.45, 2.75) is 26.2 Å². The molecule has 94 valence electrons. The van der Waals surface area contributed by atoms with Crippen LogP contribution in [-0.2, 0) is 4.79 Å². The SMILES string of the molecule is CCCOc1cccc(OCCCC(N)=O)c1. The van der Waals surface area contributed by atoms with Crippen molar-refractivity contribution in [2.75, 3.05) is 13.2 Å². The number of primary amides is 1. The van der Waals surface area contributed by atoms with Crippen molar-refractivity contribution in [1.29, 1.82) is 0 Å². The van der Waals surface area contributed by atoms with Gasteiger partial charge in [-0.05, 0) is 25.0 Å². The summed E-state index contributed by atoms with van der Waals surface area (Å²) in [5.74, 6) is 1.26. The van der Waals surface area contributed by atoms with E-state index in [0.29, 0.717) is 26.1 Å². The third kappa shape index (κ3) is 5.80. The lowest BCUT2D eigenvalue weighted by Gasteiger charge is -2.08. The van der Waals surface area contributed by atoms with E-state index in [9.17, 15) is 4.79 Å². The molecule has 0 unspecified atom stereocenters. The standard InChI is InChI=1S/C13H19NO3/c1-2-8-16-11-5-3-6-12(10-11)17-9-4-7-13(14)15/h3,5-6,10H,2,4,7-9H2,1H3,(H2,14,15). The van der Waals surface area contributed by atoms with Crippen molar-refractivity contribution < 1.29 is 14.3 Å². The predicted octanol–water partition coefficient (Wildman–Crippen LogP) is 2.12. The highest BCUT2D eigenvalue weighted by atomic mass is 16.5. The van der Waals surface area contributed by atoms with Crippen LogP contribution in [0.25, 0.3) is 0 Å². The average molecular weight is 237 g/mol. The van der Waals surface area contributed by atoms with Crippen LogP contribution >= 0.6 is 0 Å². The molecule has 0 bridgehead atoms. The van der Waals surface area contributed by atoms with Crippen LogP contribution in [0.15, 0.2) is 24.3 Å². The Morgan fingerprint density at radius 2 is 1.88 bits per heavy atom. The summed E-state index contributed by atoms with van der Waals surface area (Å²) in [5.41, 5.74) is 5.04. The van der Waals surface area contributed by atoms with E-state index in [1.54, 1.807) is 0 Å². The third-order valence-corrected chi connectivity index (χ3v) is 2.11. The molecular formula is C13H19NO3. The van der Waals surface area contributed by atoms with Crippen LogP contribution in [-0.4, -0.2) is 19.1 Å². The Morgan fingerprint density at radius 1 is 1.24 bits per heavy atom. The van der Waals surface area contributed by atoms with Gasteiger partial charge in [-0.1, -0.05) is 13.0 Å². The van der Waals surface area contributed by atoms with Crippen molar-refractivity contribution in [3.8, 4) is 11.5 Å². The molecule has 0 atom stereocenters. The highest BCUT2D eigenvalue weighted by Gasteiger charge is 1.99. The van der Waals surface area contributed by atoms with Crippen molar-refractivity contribution in [2.24, 2.45) is 5.73 Å². The lowest BCUT2D eigenvalue weighted by Crippen LogP contribution is -2.11. The monoisotopic (exact) mass is 237 g/mol. The zero-order valence-corrected chi connectivity index (χ0v) is 10.1. The summed E-state index contributed by atoms with van der Waals surface area (Å²) in [4.78, 5) is 10.5. The van der Waals surface area contributed by atoms with Crippen LogP contribution in [0, 0.1) is 0 Å². The van der Waals surface area contributed by atoms with E-state index in [2.05, 4.69) is 6.92 Å². The summed E-state index contributed by atoms with van der Waals surface area (Å²) in [6, 6.07) is 7.49. The molecule has 0 spiro atoms. The summed E-state index contributed by atoms with van der Waals surface area (Å²) in [5, 5.41) is 0. The largest absolute Gasteiger partial charge is 0.493 e. The Hall–Kier alpha value is -1.71. The molecule has 0 saturated heterocycles. The molecule has 0 heterocycles. The van der Waals surface area contributed by atoms with Gasteiger partial charge in [0.25, 0.3) is 0 Å². The predicted molar refractivity (Wildman–Crippen MR) is 66.2 cm³/mol. The Labute approximate surface area is 102 Å². The number of nitrogens with two attached hydrogens (primary N) is 1. The minimum absolute atomic E-state index is 0.298. The highest BCUT2D eigenvalue weighted by molar-refractivity contribution is 5.73. The molecule has 0 radical (unpaired) electrons. The number of benzene rings is 1. The van der Waals surface area contributed by atoms with Crippen LogP contribution < -0.4 is 15.2 Å². The Bertz CT molecular complexity index is 352. The molecular weight excluding hydrogens is 218 g/mol. The summed E-state index contributed by atoms with van der Waals surface area (Å²) < 4.78 is 11.0. The molecule has 0 aliphatic heterocycles. The molecule has 0 aliphatic carbocycles. The quantitative estimate of drug-likeness (QED) is 0.704. The van der Waals surface area contributed by atoms with Crippen LogP contribution in [0.3, 0.4) is 0 Å². The summed E-state index contributed by atoms with van der Waals surface area (Å²) in [6.07, 6.45) is 1.96. The highest BCUT2D eigenvalue weighted by Crippen LogP contribution is 2.19. The number of ether oxygens (including phenoxy) is 2. The molecule has 1 aromatic carbocycles. The fourth-order valence-corrected chi connectivity index (χ4v) is 1.31. The summed E-state index contributed by atoms with van der Waals surface area (Å²) in [6.45, 7) is 3.25. The first kappa shape index (κ1) is 13.4. The zero-order valence-electron chi connectivity index (χ0n) is 10.1. The minimum Gasteiger partial charge on any atom is -0.493 e. The van der Waals surface area contributed by atoms with Gasteiger partial charge >= 0.3 is 0 Å². The van der Waals surface area contributed by atoms with Crippen LogP contribution in [0.1, 0.15) is 26.2 Å². The van der Waals surface area contributed by atoms with Gasteiger partial charge in [-0.2, -0.15) is 0 Å². The smallest absolute Gasteiger partial charge is 0.217 e. The number of hydrogen-bond acceptors (Lipinski definition) is 3. The second-order valence-corrected chi connectivity index (χ2v) is 3.74. The minimum atomic E-state index is -0.298. The number of amides is 1. The second-order valence-electron chi connectivity index (χ2n) is 3.74. The molecule has 1 rings (SSSR count). The van der Waals surface area contributed by atoms with Gasteiger partial charge in [-0.15, -0.1) is 0 Å². The van der Waals surface area contributed by atoms with Crippen LogP contribution in [0.5, 0.6) is 11.5 Å². The maximum absolute atomic E-state index is 10.5. The van der Waals surface area contributed by atoms with Crippen molar-refractivity contribution in [1.82, 2.24) is 0 Å². The first-order valence-electron chi connectivity index (χ1n) is 5.86. The molecule has 4 heteroatoms. The molecule has 0 saturated carbocycles. The van der Waals surface area contributed by atoms with Gasteiger partial charge in [0.05, 0.1) is 13.2 Å². The molecule has 1 amide bonds. The Kier molecular flexibility index (Phi) is 5.93. The molecule has 1 aromatic rings. The number of hydrogen-bond donors (Lipinski definition) is 1. The number of carbonyl (C=O) groups is 1. The molecule has 17 heavy (non-hydrogen) atoms. The lowest BCUT2D eigenvalue weighted by atomic mass is 10.3. The van der Waals surface area contributed by atoms with E-state index in [-0.39, 0.29) is 5.91 Å². The maximum atomic E-state index is 10.5. The second kappa shape index (κ2) is 7.54. The van der Waals surface area contributed by atoms with Gasteiger partial charge in [0, 0.05) is 12.5 Å². The van der Waals surface area contributed by atoms with E-state index < -0.39 is 0 Å². The van der Waals surface area contributed by atoms with E-state index in [1.165, 1.54) is 0 Å². The Balaban J connectivity index is 2.34. The molecule has 0 fully saturated rings.